The quantitative estimate of drug-likeness (QED) is 0.881. The van der Waals surface area contributed by atoms with Gasteiger partial charge >= 0.3 is 5.97 Å². The lowest BCUT2D eigenvalue weighted by Gasteiger charge is -2.25. The Hall–Kier alpha value is -1.95. The lowest BCUT2D eigenvalue weighted by molar-refractivity contribution is -0.138. The van der Waals surface area contributed by atoms with Crippen LogP contribution in [0.25, 0.3) is 5.78 Å². The molecular weight excluding hydrogens is 268 g/mol. The first-order valence-electron chi connectivity index (χ1n) is 7.18. The Bertz CT molecular complexity index is 650. The van der Waals surface area contributed by atoms with Gasteiger partial charge in [0, 0.05) is 30.2 Å². The van der Waals surface area contributed by atoms with E-state index >= 15 is 0 Å². The first-order chi connectivity index (χ1) is 9.90. The Labute approximate surface area is 124 Å². The summed E-state index contributed by atoms with van der Waals surface area (Å²) in [5, 5.41) is 8.92. The molecule has 1 N–H and O–H groups in total. The highest BCUT2D eigenvalue weighted by molar-refractivity contribution is 5.67. The highest BCUT2D eigenvalue weighted by Crippen LogP contribution is 2.13. The van der Waals surface area contributed by atoms with Gasteiger partial charge in [0.2, 0.25) is 5.78 Å². The summed E-state index contributed by atoms with van der Waals surface area (Å²) in [4.78, 5) is 21.9. The van der Waals surface area contributed by atoms with E-state index in [2.05, 4.69) is 14.9 Å². The molecule has 0 fully saturated rings. The van der Waals surface area contributed by atoms with Crippen LogP contribution in [0.15, 0.2) is 12.3 Å². The van der Waals surface area contributed by atoms with Crippen LogP contribution < -0.4 is 0 Å². The molecule has 0 amide bonds. The molecule has 1 unspecified atom stereocenters. The van der Waals surface area contributed by atoms with Crippen molar-refractivity contribution >= 4 is 11.7 Å². The maximum absolute atomic E-state index is 10.8. The van der Waals surface area contributed by atoms with E-state index in [9.17, 15) is 4.79 Å². The molecule has 6 heteroatoms. The molecule has 0 aliphatic carbocycles. The normalized spacial score (nSPS) is 13.0. The van der Waals surface area contributed by atoms with Crippen molar-refractivity contribution in [3.8, 4) is 0 Å². The molecule has 0 aliphatic rings. The van der Waals surface area contributed by atoms with Crippen LogP contribution in [0.3, 0.4) is 0 Å². The number of nitrogens with zero attached hydrogens (tertiary/aromatic N) is 4. The zero-order chi connectivity index (χ0) is 15.6. The monoisotopic (exact) mass is 290 g/mol. The average Bonchev–Trinajstić information content (AvgIpc) is 2.77. The number of carboxylic acids is 1. The fourth-order valence-corrected chi connectivity index (χ4v) is 2.56. The maximum Gasteiger partial charge on any atom is 0.304 e. The molecule has 0 aliphatic heterocycles. The molecule has 0 spiro atoms. The van der Waals surface area contributed by atoms with Crippen LogP contribution in [-0.2, 0) is 11.3 Å². The van der Waals surface area contributed by atoms with Crippen molar-refractivity contribution in [3.05, 3.63) is 29.3 Å². The van der Waals surface area contributed by atoms with E-state index in [0.717, 1.165) is 23.6 Å². The second kappa shape index (κ2) is 6.22. The maximum atomic E-state index is 10.8. The van der Waals surface area contributed by atoms with Crippen LogP contribution in [-0.4, -0.2) is 42.9 Å². The van der Waals surface area contributed by atoms with Crippen LogP contribution in [0, 0.1) is 13.8 Å². The number of rotatable bonds is 6. The fraction of sp³-hybridized carbons (Fsp3) is 0.533. The minimum Gasteiger partial charge on any atom is -0.481 e. The number of hydrogen-bond donors (Lipinski definition) is 1. The lowest BCUT2D eigenvalue weighted by atomic mass is 10.2. The average molecular weight is 290 g/mol. The van der Waals surface area contributed by atoms with Crippen molar-refractivity contribution in [2.45, 2.75) is 46.7 Å². The van der Waals surface area contributed by atoms with E-state index in [1.54, 1.807) is 0 Å². The fourth-order valence-electron chi connectivity index (χ4n) is 2.56. The van der Waals surface area contributed by atoms with Gasteiger partial charge in [-0.25, -0.2) is 9.97 Å². The summed E-state index contributed by atoms with van der Waals surface area (Å²) in [5.74, 6) is -0.0754. The Balaban J connectivity index is 2.21. The third kappa shape index (κ3) is 3.58. The molecule has 1 atom stereocenters. The highest BCUT2D eigenvalue weighted by atomic mass is 16.4. The van der Waals surface area contributed by atoms with E-state index in [1.165, 1.54) is 0 Å². The van der Waals surface area contributed by atoms with E-state index in [0.29, 0.717) is 12.3 Å². The third-order valence-electron chi connectivity index (χ3n) is 3.68. The van der Waals surface area contributed by atoms with Crippen LogP contribution in [0.4, 0.5) is 0 Å². The first kappa shape index (κ1) is 15.4. The van der Waals surface area contributed by atoms with Crippen LogP contribution >= 0.6 is 0 Å². The molecular formula is C15H22N4O2. The smallest absolute Gasteiger partial charge is 0.304 e. The molecule has 2 aromatic rings. The predicted octanol–water partition coefficient (Wildman–Crippen LogP) is 2.03. The minimum atomic E-state index is -0.774. The molecule has 0 aromatic carbocycles. The Morgan fingerprint density at radius 3 is 2.76 bits per heavy atom. The highest BCUT2D eigenvalue weighted by Gasteiger charge is 2.17. The van der Waals surface area contributed by atoms with Crippen LogP contribution in [0.2, 0.25) is 0 Å². The molecule has 0 saturated carbocycles. The summed E-state index contributed by atoms with van der Waals surface area (Å²) in [5.41, 5.74) is 2.96. The van der Waals surface area contributed by atoms with Gasteiger partial charge in [0.15, 0.2) is 0 Å². The Morgan fingerprint density at radius 2 is 2.14 bits per heavy atom. The van der Waals surface area contributed by atoms with Crippen molar-refractivity contribution in [3.63, 3.8) is 0 Å². The van der Waals surface area contributed by atoms with E-state index in [4.69, 9.17) is 5.11 Å². The summed E-state index contributed by atoms with van der Waals surface area (Å²) in [6, 6.07) is 2.00. The third-order valence-corrected chi connectivity index (χ3v) is 3.68. The van der Waals surface area contributed by atoms with E-state index < -0.39 is 5.97 Å². The van der Waals surface area contributed by atoms with E-state index in [1.807, 2.05) is 44.4 Å². The van der Waals surface area contributed by atoms with Gasteiger partial charge in [0.1, 0.15) is 0 Å². The predicted molar refractivity (Wildman–Crippen MR) is 80.3 cm³/mol. The SMILES string of the molecule is CCN(Cc1cn2c(C)cc(C)nc2n1)C(C)CC(=O)O. The number of carbonyl (C=O) groups is 1. The van der Waals surface area contributed by atoms with Gasteiger partial charge in [0.25, 0.3) is 0 Å². The zero-order valence-electron chi connectivity index (χ0n) is 13.0. The summed E-state index contributed by atoms with van der Waals surface area (Å²) in [6.45, 7) is 9.36. The van der Waals surface area contributed by atoms with Crippen LogP contribution in [0.1, 0.15) is 37.4 Å². The number of carboxylic acid groups (broad SMARTS) is 1. The molecule has 0 radical (unpaired) electrons. The Kier molecular flexibility index (Phi) is 4.57. The Morgan fingerprint density at radius 1 is 1.43 bits per heavy atom. The molecule has 21 heavy (non-hydrogen) atoms. The topological polar surface area (TPSA) is 70.7 Å². The number of imidazole rings is 1. The summed E-state index contributed by atoms with van der Waals surface area (Å²) >= 11 is 0. The molecule has 0 saturated heterocycles. The van der Waals surface area contributed by atoms with Crippen molar-refractivity contribution in [2.75, 3.05) is 6.54 Å². The summed E-state index contributed by atoms with van der Waals surface area (Å²) < 4.78 is 1.97. The second-order valence-corrected chi connectivity index (χ2v) is 5.45. The molecule has 0 bridgehead atoms. The lowest BCUT2D eigenvalue weighted by Crippen LogP contribution is -2.34. The summed E-state index contributed by atoms with van der Waals surface area (Å²) in [6.07, 6.45) is 2.12. The molecule has 2 rings (SSSR count). The summed E-state index contributed by atoms with van der Waals surface area (Å²) in [7, 11) is 0. The number of aryl methyl sites for hydroxylation is 2. The van der Waals surface area contributed by atoms with Crippen molar-refractivity contribution in [2.24, 2.45) is 0 Å². The minimum absolute atomic E-state index is 0.0203. The molecule has 2 aromatic heterocycles. The number of aromatic nitrogens is 3. The molecule has 2 heterocycles. The van der Waals surface area contributed by atoms with Gasteiger partial charge in [-0.3, -0.25) is 14.1 Å². The number of aliphatic carboxylic acids is 1. The first-order valence-corrected chi connectivity index (χ1v) is 7.18. The largest absolute Gasteiger partial charge is 0.481 e. The van der Waals surface area contributed by atoms with Crippen LogP contribution in [0.5, 0.6) is 0 Å². The number of hydrogen-bond acceptors (Lipinski definition) is 4. The van der Waals surface area contributed by atoms with Crippen molar-refractivity contribution < 1.29 is 9.90 Å². The standard InChI is InChI=1S/C15H22N4O2/c1-5-18(11(3)7-14(20)21)8-13-9-19-12(4)6-10(2)16-15(19)17-13/h6,9,11H,5,7-8H2,1-4H3,(H,20,21). The van der Waals surface area contributed by atoms with Crippen molar-refractivity contribution in [1.82, 2.24) is 19.3 Å². The van der Waals surface area contributed by atoms with Gasteiger partial charge < -0.3 is 5.11 Å². The van der Waals surface area contributed by atoms with Gasteiger partial charge in [-0.1, -0.05) is 6.92 Å². The van der Waals surface area contributed by atoms with Gasteiger partial charge in [-0.05, 0) is 33.4 Å². The van der Waals surface area contributed by atoms with E-state index in [-0.39, 0.29) is 12.5 Å². The van der Waals surface area contributed by atoms with Gasteiger partial charge in [-0.15, -0.1) is 0 Å². The van der Waals surface area contributed by atoms with Gasteiger partial charge in [-0.2, -0.15) is 0 Å². The number of fused-ring (bicyclic) bond motifs is 1. The second-order valence-electron chi connectivity index (χ2n) is 5.45. The van der Waals surface area contributed by atoms with Crippen molar-refractivity contribution in [1.29, 1.82) is 0 Å². The molecule has 114 valence electrons. The van der Waals surface area contributed by atoms with Gasteiger partial charge in [0.05, 0.1) is 12.1 Å². The molecule has 6 nitrogen and oxygen atoms in total. The zero-order valence-corrected chi connectivity index (χ0v) is 13.0.